The van der Waals surface area contributed by atoms with E-state index in [0.29, 0.717) is 106 Å². The molecule has 3 unspecified atom stereocenters. The minimum Gasteiger partial charge on any atom is -0.494 e. The van der Waals surface area contributed by atoms with Crippen LogP contribution in [0.1, 0.15) is 112 Å². The van der Waals surface area contributed by atoms with E-state index in [9.17, 15) is 43.2 Å². The number of nitrogens with one attached hydrogen (secondary N) is 2. The molecular weight excluding hydrogens is 1910 g/mol. The Morgan fingerprint density at radius 3 is 0.912 bits per heavy atom. The molecule has 0 radical (unpaired) electrons. The molecule has 786 valence electrons. The van der Waals surface area contributed by atoms with Crippen molar-refractivity contribution in [1.29, 1.82) is 0 Å². The maximum atomic E-state index is 12.6. The fourth-order valence-corrected chi connectivity index (χ4v) is 49.5. The highest BCUT2D eigenvalue weighted by atomic mass is 28.5. The van der Waals surface area contributed by atoms with Crippen LogP contribution in [0.5, 0.6) is 0 Å². The van der Waals surface area contributed by atoms with Crippen molar-refractivity contribution >= 4 is 130 Å². The molecule has 0 aliphatic heterocycles. The number of alkyl carbamates (subject to hydrolysis) is 2. The maximum absolute atomic E-state index is 12.6. The first kappa shape index (κ1) is 134. The Morgan fingerprint density at radius 1 is 0.301 bits per heavy atom. The molecule has 0 spiro atoms. The van der Waals surface area contributed by atoms with Crippen LogP contribution in [0.4, 0.5) is 9.59 Å². The smallest absolute Gasteiger partial charge is 0.407 e. The number of allylic oxidation sites excluding steroid dienone is 3. The van der Waals surface area contributed by atoms with Gasteiger partial charge in [0.25, 0.3) is 0 Å². The lowest BCUT2D eigenvalue weighted by molar-refractivity contribution is -0.159. The standard InChI is InChI=1S/C33H62O10Si3.C32H61NO13Si3.C28H53NO9Si3/c1-14-33(25-40-30(34)18-15-21-38-29(6)27(2)3,26-41-31(35)19-16-22-39-32(36)28(4)5)24-37-20-17-23-46(13,42-44(7,8)9)43-45(10,11)12;1-26(2)30(35)41-21-19-38-16-12-14-29(34)43-25-28(44-32(37)33-15-18-39-20-22-42-31(36)27(3)4)24-40-17-13-23-49(11,45-47(5,6)7)46-48(8,9)10;1-12-24(3)33-19-14-16-27(30)35-23-26(36-28(31)29-17-20-34-25(4)13-2)22-32-18-15-21-41(11,37-39(5,6)7)38-40(8,9)10/h2,4,6,14-26H2,1,3,5,7-13H3;28H,1,3,12-25H2,2,4-11H3,(H,33,37);12-13,26H,1-4,14-23H2,5-11H3,(H,29,31). The Bertz CT molecular complexity index is 3540. The van der Waals surface area contributed by atoms with Gasteiger partial charge >= 0.3 is 79.7 Å². The number of amides is 2. The summed E-state index contributed by atoms with van der Waals surface area (Å²) in [4.78, 5) is 109. The van der Waals surface area contributed by atoms with Gasteiger partial charge in [-0.05, 0) is 252 Å². The summed E-state index contributed by atoms with van der Waals surface area (Å²) in [6, 6.07) is 2.35. The topological polar surface area (TPSA) is 390 Å². The normalized spacial score (nSPS) is 12.8. The van der Waals surface area contributed by atoms with Crippen molar-refractivity contribution in [1.82, 2.24) is 10.6 Å². The molecule has 0 aromatic heterocycles. The van der Waals surface area contributed by atoms with Gasteiger partial charge < -0.3 is 116 Å². The summed E-state index contributed by atoms with van der Waals surface area (Å²) in [7, 11) is -18.1. The Hall–Kier alpha value is -6.60. The molecule has 0 rings (SSSR count). The van der Waals surface area contributed by atoms with Gasteiger partial charge in [0.1, 0.15) is 63.5 Å². The first-order valence-corrected chi connectivity index (χ1v) is 74.8. The lowest BCUT2D eigenvalue weighted by Crippen LogP contribution is -2.52. The van der Waals surface area contributed by atoms with Crippen LogP contribution in [0.15, 0.2) is 111 Å². The molecule has 43 heteroatoms. The monoisotopic (exact) mass is 2090 g/mol. The second-order valence-electron chi connectivity index (χ2n) is 39.1. The predicted octanol–water partition coefficient (Wildman–Crippen LogP) is 18.3. The van der Waals surface area contributed by atoms with Gasteiger partial charge in [-0.25, -0.2) is 24.0 Å². The highest BCUT2D eigenvalue weighted by Gasteiger charge is 2.43. The van der Waals surface area contributed by atoms with Crippen LogP contribution in [0.3, 0.4) is 0 Å². The van der Waals surface area contributed by atoms with Crippen LogP contribution >= 0.6 is 0 Å². The van der Waals surface area contributed by atoms with Gasteiger partial charge in [0.05, 0.1) is 71.4 Å². The first-order valence-electron chi connectivity index (χ1n) is 46.8. The average molecular weight is 2090 g/mol. The molecule has 34 nitrogen and oxygen atoms in total. The molecular formula is C93H176N2O32Si9. The van der Waals surface area contributed by atoms with Crippen LogP contribution in [0, 0.1) is 5.41 Å². The lowest BCUT2D eigenvalue weighted by Gasteiger charge is -2.38. The molecule has 0 aliphatic rings. The largest absolute Gasteiger partial charge is 0.494 e. The second kappa shape index (κ2) is 70.9. The Balaban J connectivity index is -0.00000196. The number of carbonyl (C=O) groups excluding carboxylic acids is 9. The molecule has 2 N–H and O–H groups in total. The second-order valence-corrected chi connectivity index (χ2v) is 77.7. The van der Waals surface area contributed by atoms with Crippen molar-refractivity contribution in [3.8, 4) is 0 Å². The average Bonchev–Trinajstić information content (AvgIpc) is 0.844. The van der Waals surface area contributed by atoms with Crippen molar-refractivity contribution in [3.05, 3.63) is 111 Å². The van der Waals surface area contributed by atoms with E-state index in [1.54, 1.807) is 27.7 Å². The quantitative estimate of drug-likeness (QED) is 0.0109. The van der Waals surface area contributed by atoms with E-state index in [4.69, 9.17) is 105 Å². The van der Waals surface area contributed by atoms with Crippen LogP contribution in [-0.4, -0.2) is 287 Å². The summed E-state index contributed by atoms with van der Waals surface area (Å²) >= 11 is 0. The molecule has 0 saturated carbocycles. The Labute approximate surface area is 824 Å². The van der Waals surface area contributed by atoms with Gasteiger partial charge in [0.2, 0.25) is 0 Å². The van der Waals surface area contributed by atoms with Crippen LogP contribution < -0.4 is 10.6 Å². The molecule has 0 fully saturated rings. The molecule has 0 heterocycles. The lowest BCUT2D eigenvalue weighted by atomic mass is 9.88. The van der Waals surface area contributed by atoms with Gasteiger partial charge in [0.15, 0.2) is 62.1 Å². The number of esters is 7. The Kier molecular flexibility index (Phi) is 69.7. The molecule has 0 bridgehead atoms. The van der Waals surface area contributed by atoms with Gasteiger partial charge in [0, 0.05) is 75.4 Å². The predicted molar refractivity (Wildman–Crippen MR) is 552 cm³/mol. The van der Waals surface area contributed by atoms with E-state index in [-0.39, 0.29) is 144 Å². The zero-order valence-electron chi connectivity index (χ0n) is 87.9. The van der Waals surface area contributed by atoms with Crippen molar-refractivity contribution in [2.75, 3.05) is 145 Å². The minimum absolute atomic E-state index is 0.0132. The van der Waals surface area contributed by atoms with Gasteiger partial charge in [-0.1, -0.05) is 66.1 Å². The number of ether oxygens (including phenoxy) is 17. The maximum Gasteiger partial charge on any atom is 0.407 e. The van der Waals surface area contributed by atoms with Crippen molar-refractivity contribution in [2.24, 2.45) is 5.41 Å². The van der Waals surface area contributed by atoms with Gasteiger partial charge in [-0.15, -0.1) is 0 Å². The highest BCUT2D eigenvalue weighted by molar-refractivity contribution is 6.89. The molecule has 3 atom stereocenters. The molecule has 136 heavy (non-hydrogen) atoms. The van der Waals surface area contributed by atoms with E-state index >= 15 is 0 Å². The number of carbonyl (C=O) groups is 9. The third kappa shape index (κ3) is 81.1. The number of hydrogen-bond donors (Lipinski definition) is 2. The third-order valence-electron chi connectivity index (χ3n) is 17.3. The summed E-state index contributed by atoms with van der Waals surface area (Å²) in [5.41, 5.74) is 0.908. The highest BCUT2D eigenvalue weighted by Crippen LogP contribution is 2.31. The summed E-state index contributed by atoms with van der Waals surface area (Å²) in [6.07, 6.45) is 4.77. The zero-order chi connectivity index (χ0) is 105. The summed E-state index contributed by atoms with van der Waals surface area (Å²) in [5.74, 6) is -1.86. The van der Waals surface area contributed by atoms with E-state index in [2.05, 4.69) is 207 Å². The zero-order valence-corrected chi connectivity index (χ0v) is 96.9. The SMILES string of the molecule is C=C(C)C(=C)OCCCC(=O)OCC(CC)(COCCC[Si](C)(O[Si](C)(C)C)O[Si](C)(C)C)COC(=O)CCCOC(=O)C(=C)C.C=C(C)C(=O)OCCOCCCC(=O)OCC(COCCC[Si](C)(O[Si](C)(C)C)O[Si](C)(C)C)OC(=O)NCCOCCOC(=O)C(=C)C.C=CC(=C)OCCCC(=O)OCC(COCCC[Si](C)(O[Si](C)(C)C)O[Si](C)(C)C)OC(=O)NCCOC(=C)C=C. The summed E-state index contributed by atoms with van der Waals surface area (Å²) in [6.45, 7) is 89.9. The minimum atomic E-state index is -2.42. The molecule has 0 aromatic carbocycles. The van der Waals surface area contributed by atoms with E-state index in [1.165, 1.54) is 12.2 Å². The summed E-state index contributed by atoms with van der Waals surface area (Å²) < 4.78 is 132. The van der Waals surface area contributed by atoms with E-state index in [1.807, 2.05) is 6.92 Å². The molecule has 0 aromatic rings. The number of rotatable bonds is 78. The Morgan fingerprint density at radius 2 is 0.588 bits per heavy atom. The van der Waals surface area contributed by atoms with Gasteiger partial charge in [-0.2, -0.15) is 0 Å². The van der Waals surface area contributed by atoms with E-state index in [0.717, 1.165) is 36.5 Å². The van der Waals surface area contributed by atoms with Crippen molar-refractivity contribution in [2.45, 2.75) is 279 Å². The number of hydrogen-bond acceptors (Lipinski definition) is 32. The molecule has 0 saturated heterocycles. The third-order valence-corrected chi connectivity index (χ3v) is 46.1. The fraction of sp³-hybridized carbons (Fsp3) is 0.710. The first-order chi connectivity index (χ1) is 62.8. The molecule has 2 amide bonds. The van der Waals surface area contributed by atoms with Crippen molar-refractivity contribution in [3.63, 3.8) is 0 Å². The summed E-state index contributed by atoms with van der Waals surface area (Å²) in [5, 5.41) is 5.17. The van der Waals surface area contributed by atoms with Gasteiger partial charge in [-0.3, -0.25) is 19.2 Å². The van der Waals surface area contributed by atoms with Crippen LogP contribution in [-0.2, 0) is 139 Å². The van der Waals surface area contributed by atoms with Crippen LogP contribution in [0.25, 0.3) is 0 Å². The van der Waals surface area contributed by atoms with E-state index < -0.39 is 141 Å². The fourth-order valence-electron chi connectivity index (χ4n) is 11.9. The van der Waals surface area contributed by atoms with Crippen molar-refractivity contribution < 1.29 is 148 Å². The van der Waals surface area contributed by atoms with Crippen LogP contribution in [0.2, 0.25) is 156 Å². The molecule has 0 aliphatic carbocycles.